The fraction of sp³-hybridized carbons (Fsp3) is 0.150. The number of nitrogens with one attached hydrogen (secondary N) is 2. The molecule has 1 amide bonds. The van der Waals surface area contributed by atoms with Crippen molar-refractivity contribution >= 4 is 23.1 Å². The highest BCUT2D eigenvalue weighted by Crippen LogP contribution is 2.24. The number of nitrogens with zero attached hydrogens (tertiary/aromatic N) is 2. The second kappa shape index (κ2) is 8.18. The first-order valence-electron chi connectivity index (χ1n) is 8.27. The minimum absolute atomic E-state index is 0.262. The van der Waals surface area contributed by atoms with E-state index in [9.17, 15) is 4.79 Å². The van der Waals surface area contributed by atoms with Gasteiger partial charge in [-0.1, -0.05) is 6.07 Å². The van der Waals surface area contributed by atoms with Crippen LogP contribution in [-0.2, 0) is 0 Å². The zero-order chi connectivity index (χ0) is 19.2. The van der Waals surface area contributed by atoms with Gasteiger partial charge in [-0.05, 0) is 37.3 Å². The molecule has 1 aromatic heterocycles. The first-order chi connectivity index (χ1) is 13.1. The molecule has 3 rings (SSSR count). The van der Waals surface area contributed by atoms with Gasteiger partial charge in [0.25, 0.3) is 5.91 Å². The highest BCUT2D eigenvalue weighted by Gasteiger charge is 2.10. The van der Waals surface area contributed by atoms with E-state index in [2.05, 4.69) is 20.6 Å². The summed E-state index contributed by atoms with van der Waals surface area (Å²) in [7, 11) is 3.08. The number of aryl methyl sites for hydroxylation is 1. The topological polar surface area (TPSA) is 85.4 Å². The minimum atomic E-state index is -0.262. The highest BCUT2D eigenvalue weighted by atomic mass is 16.5. The summed E-state index contributed by atoms with van der Waals surface area (Å²) in [6, 6.07) is 14.2. The van der Waals surface area contributed by atoms with Crippen LogP contribution in [0.3, 0.4) is 0 Å². The molecular formula is C20H20N4O3. The molecule has 2 aromatic carbocycles. The van der Waals surface area contributed by atoms with Gasteiger partial charge in [0.1, 0.15) is 23.6 Å². The van der Waals surface area contributed by atoms with Crippen LogP contribution in [0, 0.1) is 6.92 Å². The second-order valence-corrected chi connectivity index (χ2v) is 5.81. The molecule has 7 heteroatoms. The maximum absolute atomic E-state index is 12.6. The van der Waals surface area contributed by atoms with Crippen molar-refractivity contribution < 1.29 is 14.3 Å². The summed E-state index contributed by atoms with van der Waals surface area (Å²) in [6.07, 6.45) is 1.50. The van der Waals surface area contributed by atoms with Gasteiger partial charge in [0, 0.05) is 34.8 Å². The lowest BCUT2D eigenvalue weighted by Crippen LogP contribution is -2.12. The lowest BCUT2D eigenvalue weighted by atomic mass is 10.1. The summed E-state index contributed by atoms with van der Waals surface area (Å²) in [4.78, 5) is 20.8. The van der Waals surface area contributed by atoms with E-state index in [0.717, 1.165) is 11.4 Å². The van der Waals surface area contributed by atoms with Gasteiger partial charge in [-0.15, -0.1) is 0 Å². The van der Waals surface area contributed by atoms with E-state index < -0.39 is 0 Å². The zero-order valence-corrected chi connectivity index (χ0v) is 15.3. The third-order valence-corrected chi connectivity index (χ3v) is 3.81. The number of amides is 1. The SMILES string of the molecule is COc1cc(OC)cc(C(=O)Nc2cccc(Nc3cc(C)ncn3)c2)c1. The van der Waals surface area contributed by atoms with E-state index in [1.165, 1.54) is 6.33 Å². The number of aromatic nitrogens is 2. The third kappa shape index (κ3) is 4.72. The molecule has 1 heterocycles. The van der Waals surface area contributed by atoms with Crippen molar-refractivity contribution in [2.75, 3.05) is 24.9 Å². The van der Waals surface area contributed by atoms with E-state index in [1.54, 1.807) is 32.4 Å². The lowest BCUT2D eigenvalue weighted by molar-refractivity contribution is 0.102. The fourth-order valence-corrected chi connectivity index (χ4v) is 2.49. The number of anilines is 3. The standard InChI is InChI=1S/C20H20N4O3/c1-13-7-19(22-12-21-13)23-15-5-4-6-16(10-15)24-20(25)14-8-17(26-2)11-18(9-14)27-3/h4-12H,1-3H3,(H,24,25)(H,21,22,23). The minimum Gasteiger partial charge on any atom is -0.497 e. The Morgan fingerprint density at radius 3 is 2.30 bits per heavy atom. The molecule has 0 aliphatic carbocycles. The average molecular weight is 364 g/mol. The van der Waals surface area contributed by atoms with Crippen LogP contribution >= 0.6 is 0 Å². The van der Waals surface area contributed by atoms with Crippen molar-refractivity contribution in [3.05, 3.63) is 66.1 Å². The van der Waals surface area contributed by atoms with Crippen LogP contribution in [0.5, 0.6) is 11.5 Å². The Kier molecular flexibility index (Phi) is 5.51. The van der Waals surface area contributed by atoms with Crippen LogP contribution in [0.4, 0.5) is 17.2 Å². The summed E-state index contributed by atoms with van der Waals surface area (Å²) in [5.74, 6) is 1.52. The third-order valence-electron chi connectivity index (χ3n) is 3.81. The van der Waals surface area contributed by atoms with Gasteiger partial charge in [-0.25, -0.2) is 9.97 Å². The molecule has 0 radical (unpaired) electrons. The summed E-state index contributed by atoms with van der Waals surface area (Å²) in [5.41, 5.74) is 2.76. The van der Waals surface area contributed by atoms with E-state index in [0.29, 0.717) is 28.6 Å². The van der Waals surface area contributed by atoms with Crippen LogP contribution in [0.2, 0.25) is 0 Å². The number of rotatable bonds is 6. The normalized spacial score (nSPS) is 10.2. The molecule has 27 heavy (non-hydrogen) atoms. The van der Waals surface area contributed by atoms with E-state index in [4.69, 9.17) is 9.47 Å². The molecule has 0 saturated carbocycles. The predicted molar refractivity (Wildman–Crippen MR) is 104 cm³/mol. The number of ether oxygens (including phenoxy) is 2. The quantitative estimate of drug-likeness (QED) is 0.692. The molecular weight excluding hydrogens is 344 g/mol. The largest absolute Gasteiger partial charge is 0.497 e. The Morgan fingerprint density at radius 1 is 0.926 bits per heavy atom. The molecule has 0 spiro atoms. The number of hydrogen-bond donors (Lipinski definition) is 2. The summed E-state index contributed by atoms with van der Waals surface area (Å²) in [6.45, 7) is 1.89. The van der Waals surface area contributed by atoms with Crippen LogP contribution < -0.4 is 20.1 Å². The number of hydrogen-bond acceptors (Lipinski definition) is 6. The van der Waals surface area contributed by atoms with E-state index in [1.807, 2.05) is 37.3 Å². The number of carbonyl (C=O) groups is 1. The van der Waals surface area contributed by atoms with Crippen molar-refractivity contribution in [2.45, 2.75) is 6.92 Å². The maximum atomic E-state index is 12.6. The van der Waals surface area contributed by atoms with Gasteiger partial charge in [0.2, 0.25) is 0 Å². The van der Waals surface area contributed by atoms with Crippen molar-refractivity contribution in [3.63, 3.8) is 0 Å². The van der Waals surface area contributed by atoms with Crippen molar-refractivity contribution in [1.82, 2.24) is 9.97 Å². The average Bonchev–Trinajstić information content (AvgIpc) is 2.67. The van der Waals surface area contributed by atoms with E-state index in [-0.39, 0.29) is 5.91 Å². The van der Waals surface area contributed by atoms with Crippen LogP contribution in [0.15, 0.2) is 54.9 Å². The van der Waals surface area contributed by atoms with Crippen LogP contribution in [0.25, 0.3) is 0 Å². The van der Waals surface area contributed by atoms with E-state index >= 15 is 0 Å². The number of methoxy groups -OCH3 is 2. The smallest absolute Gasteiger partial charge is 0.255 e. The van der Waals surface area contributed by atoms with Gasteiger partial charge in [0.15, 0.2) is 0 Å². The Morgan fingerprint density at radius 2 is 1.63 bits per heavy atom. The molecule has 0 unspecified atom stereocenters. The van der Waals surface area contributed by atoms with Gasteiger partial charge in [-0.2, -0.15) is 0 Å². The van der Waals surface area contributed by atoms with Crippen molar-refractivity contribution in [1.29, 1.82) is 0 Å². The number of carbonyl (C=O) groups excluding carboxylic acids is 1. The Bertz CT molecular complexity index is 937. The molecule has 0 atom stereocenters. The molecule has 3 aromatic rings. The Balaban J connectivity index is 1.77. The monoisotopic (exact) mass is 364 g/mol. The molecule has 138 valence electrons. The van der Waals surface area contributed by atoms with Gasteiger partial charge in [-0.3, -0.25) is 4.79 Å². The zero-order valence-electron chi connectivity index (χ0n) is 15.3. The summed E-state index contributed by atoms with van der Waals surface area (Å²) < 4.78 is 10.4. The lowest BCUT2D eigenvalue weighted by Gasteiger charge is -2.11. The predicted octanol–water partition coefficient (Wildman–Crippen LogP) is 3.80. The first kappa shape index (κ1) is 18.2. The molecule has 0 aliphatic heterocycles. The molecule has 0 fully saturated rings. The molecule has 2 N–H and O–H groups in total. The summed E-state index contributed by atoms with van der Waals surface area (Å²) in [5, 5.41) is 6.07. The number of benzene rings is 2. The summed E-state index contributed by atoms with van der Waals surface area (Å²) >= 11 is 0. The Hall–Kier alpha value is -3.61. The maximum Gasteiger partial charge on any atom is 0.255 e. The van der Waals surface area contributed by atoms with Gasteiger partial charge >= 0.3 is 0 Å². The molecule has 7 nitrogen and oxygen atoms in total. The Labute approximate surface area is 157 Å². The van der Waals surface area contributed by atoms with Crippen molar-refractivity contribution in [3.8, 4) is 11.5 Å². The van der Waals surface area contributed by atoms with Gasteiger partial charge in [0.05, 0.1) is 14.2 Å². The first-order valence-corrected chi connectivity index (χ1v) is 8.27. The molecule has 0 saturated heterocycles. The molecule has 0 bridgehead atoms. The van der Waals surface area contributed by atoms with Crippen molar-refractivity contribution in [2.24, 2.45) is 0 Å². The fourth-order valence-electron chi connectivity index (χ4n) is 2.49. The van der Waals surface area contributed by atoms with Crippen LogP contribution in [-0.4, -0.2) is 30.1 Å². The second-order valence-electron chi connectivity index (χ2n) is 5.81. The highest BCUT2D eigenvalue weighted by molar-refractivity contribution is 6.05. The van der Waals surface area contributed by atoms with Gasteiger partial charge < -0.3 is 20.1 Å². The van der Waals surface area contributed by atoms with Crippen LogP contribution in [0.1, 0.15) is 16.1 Å². The molecule has 0 aliphatic rings.